The van der Waals surface area contributed by atoms with Crippen LogP contribution in [-0.4, -0.2) is 30.0 Å². The molecular formula is C13H13F3N4O2S. The number of aromatic nitrogens is 2. The lowest BCUT2D eigenvalue weighted by molar-refractivity contribution is -0.138. The van der Waals surface area contributed by atoms with Crippen molar-refractivity contribution in [2.24, 2.45) is 0 Å². The van der Waals surface area contributed by atoms with Gasteiger partial charge in [0.15, 0.2) is 5.13 Å². The standard InChI is InChI=1S/C13H13F3N4O2S/c1-20(2)12-18-7(6-23-12)5-17-11(22)9-4-3-8(10(21)19-9)13(14,15)16/h3-4,6H,5H2,1-2H3,(H,17,22)(H,19,21). The molecule has 23 heavy (non-hydrogen) atoms. The van der Waals surface area contributed by atoms with Gasteiger partial charge >= 0.3 is 6.18 Å². The zero-order valence-corrected chi connectivity index (χ0v) is 13.0. The lowest BCUT2D eigenvalue weighted by atomic mass is 10.2. The van der Waals surface area contributed by atoms with E-state index in [9.17, 15) is 22.8 Å². The minimum absolute atomic E-state index is 0.103. The van der Waals surface area contributed by atoms with Crippen molar-refractivity contribution in [2.75, 3.05) is 19.0 Å². The van der Waals surface area contributed by atoms with Gasteiger partial charge in [0, 0.05) is 19.5 Å². The fourth-order valence-corrected chi connectivity index (χ4v) is 2.44. The molecule has 0 atom stereocenters. The van der Waals surface area contributed by atoms with Gasteiger partial charge in [-0.2, -0.15) is 13.2 Å². The first-order chi connectivity index (χ1) is 10.7. The van der Waals surface area contributed by atoms with Gasteiger partial charge < -0.3 is 15.2 Å². The Morgan fingerprint density at radius 2 is 2.09 bits per heavy atom. The Bertz CT molecular complexity index is 767. The minimum atomic E-state index is -4.76. The van der Waals surface area contributed by atoms with E-state index in [2.05, 4.69) is 10.3 Å². The fraction of sp³-hybridized carbons (Fsp3) is 0.308. The van der Waals surface area contributed by atoms with Crippen LogP contribution in [0, 0.1) is 0 Å². The van der Waals surface area contributed by atoms with Crippen LogP contribution in [0.4, 0.5) is 18.3 Å². The Labute approximate surface area is 133 Å². The van der Waals surface area contributed by atoms with Crippen LogP contribution in [0.15, 0.2) is 22.3 Å². The van der Waals surface area contributed by atoms with Crippen molar-refractivity contribution in [1.82, 2.24) is 15.3 Å². The van der Waals surface area contributed by atoms with Gasteiger partial charge in [-0.05, 0) is 12.1 Å². The maximum Gasteiger partial charge on any atom is 0.421 e. The largest absolute Gasteiger partial charge is 0.421 e. The maximum atomic E-state index is 12.5. The van der Waals surface area contributed by atoms with E-state index in [4.69, 9.17) is 0 Å². The highest BCUT2D eigenvalue weighted by Gasteiger charge is 2.34. The molecule has 2 aromatic heterocycles. The second-order valence-electron chi connectivity index (χ2n) is 4.81. The molecule has 0 saturated carbocycles. The van der Waals surface area contributed by atoms with Crippen LogP contribution >= 0.6 is 11.3 Å². The van der Waals surface area contributed by atoms with E-state index in [1.54, 1.807) is 5.38 Å². The van der Waals surface area contributed by atoms with Gasteiger partial charge in [0.25, 0.3) is 11.5 Å². The summed E-state index contributed by atoms with van der Waals surface area (Å²) in [5.74, 6) is -0.685. The Morgan fingerprint density at radius 1 is 1.39 bits per heavy atom. The third kappa shape index (κ3) is 4.09. The maximum absolute atomic E-state index is 12.5. The molecule has 1 amide bonds. The number of thiazole rings is 1. The summed E-state index contributed by atoms with van der Waals surface area (Å²) in [6, 6.07) is 1.51. The van der Waals surface area contributed by atoms with Gasteiger partial charge in [-0.25, -0.2) is 4.98 Å². The molecule has 6 nitrogen and oxygen atoms in total. The van der Waals surface area contributed by atoms with Crippen molar-refractivity contribution in [1.29, 1.82) is 0 Å². The SMILES string of the molecule is CN(C)c1nc(CNC(=O)c2ccc(C(F)(F)F)c(=O)[nH]2)cs1. The van der Waals surface area contributed by atoms with Crippen molar-refractivity contribution in [3.8, 4) is 0 Å². The van der Waals surface area contributed by atoms with Crippen molar-refractivity contribution >= 4 is 22.4 Å². The average molecular weight is 346 g/mol. The van der Waals surface area contributed by atoms with Gasteiger partial charge in [0.05, 0.1) is 12.2 Å². The number of nitrogens with one attached hydrogen (secondary N) is 2. The molecule has 2 aromatic rings. The topological polar surface area (TPSA) is 78.1 Å². The monoisotopic (exact) mass is 346 g/mol. The molecule has 0 unspecified atom stereocenters. The highest BCUT2D eigenvalue weighted by molar-refractivity contribution is 7.13. The highest BCUT2D eigenvalue weighted by Crippen LogP contribution is 2.26. The second kappa shape index (κ2) is 6.41. The predicted molar refractivity (Wildman–Crippen MR) is 79.7 cm³/mol. The van der Waals surface area contributed by atoms with E-state index in [0.29, 0.717) is 11.8 Å². The van der Waals surface area contributed by atoms with E-state index in [-0.39, 0.29) is 12.2 Å². The van der Waals surface area contributed by atoms with Crippen LogP contribution in [0.25, 0.3) is 0 Å². The molecule has 0 radical (unpaired) electrons. The molecule has 2 N–H and O–H groups in total. The minimum Gasteiger partial charge on any atom is -0.354 e. The third-order valence-electron chi connectivity index (χ3n) is 2.81. The number of pyridine rings is 1. The summed E-state index contributed by atoms with van der Waals surface area (Å²) in [4.78, 5) is 31.2. The summed E-state index contributed by atoms with van der Waals surface area (Å²) in [6.45, 7) is 0.103. The van der Waals surface area contributed by atoms with Gasteiger partial charge in [0.2, 0.25) is 0 Å². The van der Waals surface area contributed by atoms with Gasteiger partial charge in [-0.3, -0.25) is 9.59 Å². The molecule has 124 valence electrons. The number of anilines is 1. The van der Waals surface area contributed by atoms with Gasteiger partial charge in [0.1, 0.15) is 11.3 Å². The molecule has 2 heterocycles. The van der Waals surface area contributed by atoms with E-state index >= 15 is 0 Å². The van der Waals surface area contributed by atoms with E-state index < -0.39 is 23.2 Å². The smallest absolute Gasteiger partial charge is 0.354 e. The van der Waals surface area contributed by atoms with Crippen LogP contribution < -0.4 is 15.8 Å². The zero-order chi connectivity index (χ0) is 17.2. The van der Waals surface area contributed by atoms with Crippen molar-refractivity contribution in [3.05, 3.63) is 44.8 Å². The molecule has 0 aromatic carbocycles. The molecule has 10 heteroatoms. The first kappa shape index (κ1) is 17.0. The number of rotatable bonds is 4. The van der Waals surface area contributed by atoms with Crippen LogP contribution in [0.1, 0.15) is 21.7 Å². The number of H-pyrrole nitrogens is 1. The zero-order valence-electron chi connectivity index (χ0n) is 12.2. The Morgan fingerprint density at radius 3 is 2.61 bits per heavy atom. The van der Waals surface area contributed by atoms with Gasteiger partial charge in [-0.15, -0.1) is 11.3 Å². The summed E-state index contributed by atoms with van der Waals surface area (Å²) in [5.41, 5.74) is -2.33. The molecule has 0 bridgehead atoms. The molecular weight excluding hydrogens is 333 g/mol. The van der Waals surface area contributed by atoms with Crippen LogP contribution in [0.2, 0.25) is 0 Å². The predicted octanol–water partition coefficient (Wildman–Crippen LogP) is 1.85. The van der Waals surface area contributed by atoms with Crippen molar-refractivity contribution in [3.63, 3.8) is 0 Å². The number of nitrogens with zero attached hydrogens (tertiary/aromatic N) is 2. The average Bonchev–Trinajstić information content (AvgIpc) is 2.92. The molecule has 0 aliphatic heterocycles. The Kier molecular flexibility index (Phi) is 4.73. The summed E-state index contributed by atoms with van der Waals surface area (Å²) >= 11 is 1.39. The summed E-state index contributed by atoms with van der Waals surface area (Å²) in [6.07, 6.45) is -4.76. The molecule has 0 fully saturated rings. The molecule has 0 aliphatic rings. The Hall–Kier alpha value is -2.36. The van der Waals surface area contributed by atoms with Crippen LogP contribution in [0.5, 0.6) is 0 Å². The lowest BCUT2D eigenvalue weighted by Gasteiger charge is -2.07. The molecule has 0 saturated heterocycles. The molecule has 0 aliphatic carbocycles. The normalized spacial score (nSPS) is 11.3. The molecule has 2 rings (SSSR count). The number of amides is 1. The number of halogens is 3. The van der Waals surface area contributed by atoms with Crippen LogP contribution in [-0.2, 0) is 12.7 Å². The highest BCUT2D eigenvalue weighted by atomic mass is 32.1. The third-order valence-corrected chi connectivity index (χ3v) is 3.87. The second-order valence-corrected chi connectivity index (χ2v) is 5.65. The number of hydrogen-bond donors (Lipinski definition) is 2. The van der Waals surface area contributed by atoms with Crippen molar-refractivity contribution in [2.45, 2.75) is 12.7 Å². The van der Waals surface area contributed by atoms with Gasteiger partial charge in [-0.1, -0.05) is 0 Å². The number of carbonyl (C=O) groups excluding carboxylic acids is 1. The van der Waals surface area contributed by atoms with Crippen molar-refractivity contribution < 1.29 is 18.0 Å². The number of aromatic amines is 1. The fourth-order valence-electron chi connectivity index (χ4n) is 1.68. The Balaban J connectivity index is 2.06. The lowest BCUT2D eigenvalue weighted by Crippen LogP contribution is -2.28. The first-order valence-corrected chi connectivity index (χ1v) is 7.27. The number of alkyl halides is 3. The quantitative estimate of drug-likeness (QED) is 0.886. The summed E-state index contributed by atoms with van der Waals surface area (Å²) < 4.78 is 37.5. The molecule has 0 spiro atoms. The van der Waals surface area contributed by atoms with Crippen LogP contribution in [0.3, 0.4) is 0 Å². The van der Waals surface area contributed by atoms with E-state index in [1.165, 1.54) is 11.3 Å². The van der Waals surface area contributed by atoms with E-state index in [0.717, 1.165) is 11.2 Å². The number of carbonyl (C=O) groups is 1. The summed E-state index contributed by atoms with van der Waals surface area (Å²) in [7, 11) is 3.66. The van der Waals surface area contributed by atoms with E-state index in [1.807, 2.05) is 24.0 Å². The summed E-state index contributed by atoms with van der Waals surface area (Å²) in [5, 5.41) is 5.00. The first-order valence-electron chi connectivity index (χ1n) is 6.39. The number of hydrogen-bond acceptors (Lipinski definition) is 5.